The fourth-order valence-corrected chi connectivity index (χ4v) is 3.40. The van der Waals surface area contributed by atoms with Crippen molar-refractivity contribution in [1.29, 1.82) is 0 Å². The van der Waals surface area contributed by atoms with Gasteiger partial charge in [0.25, 0.3) is 0 Å². The molecule has 0 N–H and O–H groups in total. The van der Waals surface area contributed by atoms with Gasteiger partial charge in [0.1, 0.15) is 0 Å². The maximum atomic E-state index is 4.59. The Morgan fingerprint density at radius 2 is 1.75 bits per heavy atom. The van der Waals surface area contributed by atoms with Crippen LogP contribution in [-0.2, 0) is 0 Å². The molecule has 3 rings (SSSR count). The van der Waals surface area contributed by atoms with Crippen molar-refractivity contribution in [2.45, 2.75) is 25.2 Å². The first kappa shape index (κ1) is 20.7. The summed E-state index contributed by atoms with van der Waals surface area (Å²) < 4.78 is 0. The summed E-state index contributed by atoms with van der Waals surface area (Å²) in [6, 6.07) is 15.0. The molecule has 0 saturated carbocycles. The summed E-state index contributed by atoms with van der Waals surface area (Å²) in [5.74, 6) is 0.851. The fourth-order valence-electron chi connectivity index (χ4n) is 3.40. The van der Waals surface area contributed by atoms with Gasteiger partial charge in [-0.1, -0.05) is 48.9 Å². The Balaban J connectivity index is 0.00000144. The van der Waals surface area contributed by atoms with Gasteiger partial charge in [-0.05, 0) is 43.8 Å². The average Bonchev–Trinajstić information content (AvgIpc) is 2.91. The number of hydrogen-bond donors (Lipinski definition) is 0. The Bertz CT molecular complexity index is 668. The molecule has 2 unspecified atom stereocenters. The molecule has 0 radical (unpaired) electrons. The molecule has 130 valence electrons. The van der Waals surface area contributed by atoms with Gasteiger partial charge in [-0.15, -0.1) is 24.8 Å². The molecule has 4 heteroatoms. The Kier molecular flexibility index (Phi) is 7.95. The first-order valence-corrected chi connectivity index (χ1v) is 8.02. The number of hydrogen-bond acceptors (Lipinski definition) is 2. The van der Waals surface area contributed by atoms with Crippen LogP contribution in [0.5, 0.6) is 0 Å². The standard InChI is InChI=1S/C20H24N2.2ClH/c1-15(19-10-6-7-12-21-19)20-17(11-13-22(2)3)14-16-8-4-5-9-18(16)20;;/h4-10,12,14-15,20H,11,13H2,1-3H3;2*1H. The van der Waals surface area contributed by atoms with Crippen LogP contribution >= 0.6 is 24.8 Å². The minimum atomic E-state index is 0. The molecule has 0 spiro atoms. The molecule has 0 amide bonds. The minimum Gasteiger partial charge on any atom is -0.309 e. The molecule has 2 atom stereocenters. The second-order valence-corrected chi connectivity index (χ2v) is 6.42. The lowest BCUT2D eigenvalue weighted by Crippen LogP contribution is -2.16. The number of aromatic nitrogens is 1. The quantitative estimate of drug-likeness (QED) is 0.727. The molecule has 2 nitrogen and oxygen atoms in total. The van der Waals surface area contributed by atoms with Crippen molar-refractivity contribution in [2.24, 2.45) is 0 Å². The summed E-state index contributed by atoms with van der Waals surface area (Å²) >= 11 is 0. The van der Waals surface area contributed by atoms with Gasteiger partial charge in [-0.3, -0.25) is 4.98 Å². The lowest BCUT2D eigenvalue weighted by molar-refractivity contribution is 0.407. The highest BCUT2D eigenvalue weighted by Crippen LogP contribution is 2.45. The molecule has 1 aliphatic carbocycles. The first-order valence-electron chi connectivity index (χ1n) is 8.02. The van der Waals surface area contributed by atoms with Gasteiger partial charge < -0.3 is 4.90 Å². The zero-order chi connectivity index (χ0) is 15.5. The van der Waals surface area contributed by atoms with Crippen LogP contribution in [0.4, 0.5) is 0 Å². The van der Waals surface area contributed by atoms with Crippen molar-refractivity contribution >= 4 is 30.9 Å². The van der Waals surface area contributed by atoms with Gasteiger partial charge in [0.05, 0.1) is 0 Å². The summed E-state index contributed by atoms with van der Waals surface area (Å²) in [4.78, 5) is 6.84. The van der Waals surface area contributed by atoms with Gasteiger partial charge in [-0.25, -0.2) is 0 Å². The third-order valence-electron chi connectivity index (χ3n) is 4.57. The van der Waals surface area contributed by atoms with Crippen LogP contribution in [0.15, 0.2) is 54.2 Å². The predicted octanol–water partition coefficient (Wildman–Crippen LogP) is 5.16. The minimum absolute atomic E-state index is 0. The smallest absolute Gasteiger partial charge is 0.0441 e. The highest BCUT2D eigenvalue weighted by atomic mass is 35.5. The summed E-state index contributed by atoms with van der Waals surface area (Å²) in [6.45, 7) is 3.39. The van der Waals surface area contributed by atoms with Crippen LogP contribution in [0, 0.1) is 0 Å². The van der Waals surface area contributed by atoms with Crippen LogP contribution in [0.25, 0.3) is 6.08 Å². The van der Waals surface area contributed by atoms with Gasteiger partial charge in [0, 0.05) is 30.3 Å². The average molecular weight is 365 g/mol. The molecule has 0 fully saturated rings. The number of halogens is 2. The van der Waals surface area contributed by atoms with E-state index in [2.05, 4.69) is 73.4 Å². The van der Waals surface area contributed by atoms with E-state index in [1.165, 1.54) is 22.4 Å². The zero-order valence-electron chi connectivity index (χ0n) is 14.5. The van der Waals surface area contributed by atoms with E-state index in [4.69, 9.17) is 0 Å². The number of pyridine rings is 1. The van der Waals surface area contributed by atoms with Crippen LogP contribution in [0.1, 0.15) is 42.0 Å². The van der Waals surface area contributed by atoms with Crippen molar-refractivity contribution in [1.82, 2.24) is 9.88 Å². The molecule has 24 heavy (non-hydrogen) atoms. The van der Waals surface area contributed by atoms with E-state index in [1.807, 2.05) is 12.3 Å². The Hall–Kier alpha value is -1.35. The third-order valence-corrected chi connectivity index (χ3v) is 4.57. The molecule has 0 saturated heterocycles. The van der Waals surface area contributed by atoms with Crippen LogP contribution in [-0.4, -0.2) is 30.5 Å². The number of nitrogens with zero attached hydrogens (tertiary/aromatic N) is 2. The molecule has 0 aliphatic heterocycles. The molecule has 1 aliphatic rings. The summed E-state index contributed by atoms with van der Waals surface area (Å²) in [5.41, 5.74) is 5.55. The monoisotopic (exact) mass is 364 g/mol. The van der Waals surface area contributed by atoms with Crippen molar-refractivity contribution in [3.63, 3.8) is 0 Å². The normalized spacial score (nSPS) is 16.7. The topological polar surface area (TPSA) is 16.1 Å². The molecule has 1 aromatic heterocycles. The van der Waals surface area contributed by atoms with E-state index in [0.717, 1.165) is 13.0 Å². The summed E-state index contributed by atoms with van der Waals surface area (Å²) in [7, 11) is 4.28. The highest BCUT2D eigenvalue weighted by molar-refractivity contribution is 5.85. The molecule has 2 aromatic rings. The summed E-state index contributed by atoms with van der Waals surface area (Å²) in [6.07, 6.45) is 5.41. The SMILES string of the molecule is CC(c1ccccn1)C1C(CCN(C)C)=Cc2ccccc21.Cl.Cl. The Morgan fingerprint density at radius 3 is 2.42 bits per heavy atom. The predicted molar refractivity (Wildman–Crippen MR) is 107 cm³/mol. The number of benzene rings is 1. The summed E-state index contributed by atoms with van der Waals surface area (Å²) in [5, 5.41) is 0. The van der Waals surface area contributed by atoms with E-state index >= 15 is 0 Å². The largest absolute Gasteiger partial charge is 0.309 e. The lowest BCUT2D eigenvalue weighted by atomic mass is 9.81. The second kappa shape index (κ2) is 9.22. The molecule has 1 aromatic carbocycles. The van der Waals surface area contributed by atoms with E-state index in [-0.39, 0.29) is 24.8 Å². The van der Waals surface area contributed by atoms with Crippen molar-refractivity contribution in [3.05, 3.63) is 71.1 Å². The molecule has 1 heterocycles. The van der Waals surface area contributed by atoms with Gasteiger partial charge in [0.15, 0.2) is 0 Å². The maximum absolute atomic E-state index is 4.59. The van der Waals surface area contributed by atoms with Gasteiger partial charge in [0.2, 0.25) is 0 Å². The highest BCUT2D eigenvalue weighted by Gasteiger charge is 2.30. The number of fused-ring (bicyclic) bond motifs is 1. The van der Waals surface area contributed by atoms with E-state index in [0.29, 0.717) is 11.8 Å². The molecular formula is C20H26Cl2N2. The van der Waals surface area contributed by atoms with E-state index in [9.17, 15) is 0 Å². The van der Waals surface area contributed by atoms with Crippen molar-refractivity contribution in [3.8, 4) is 0 Å². The Morgan fingerprint density at radius 1 is 1.04 bits per heavy atom. The second-order valence-electron chi connectivity index (χ2n) is 6.42. The van der Waals surface area contributed by atoms with Gasteiger partial charge in [-0.2, -0.15) is 0 Å². The fraction of sp³-hybridized carbons (Fsp3) is 0.350. The van der Waals surface area contributed by atoms with Crippen molar-refractivity contribution in [2.75, 3.05) is 20.6 Å². The van der Waals surface area contributed by atoms with Crippen LogP contribution in [0.2, 0.25) is 0 Å². The Labute approximate surface area is 157 Å². The maximum Gasteiger partial charge on any atom is 0.0441 e. The first-order chi connectivity index (χ1) is 10.7. The van der Waals surface area contributed by atoms with Gasteiger partial charge >= 0.3 is 0 Å². The lowest BCUT2D eigenvalue weighted by Gasteiger charge is -2.24. The zero-order valence-corrected chi connectivity index (χ0v) is 16.1. The van der Waals surface area contributed by atoms with E-state index in [1.54, 1.807) is 0 Å². The van der Waals surface area contributed by atoms with Crippen molar-refractivity contribution < 1.29 is 0 Å². The van der Waals surface area contributed by atoms with Crippen LogP contribution in [0.3, 0.4) is 0 Å². The van der Waals surface area contributed by atoms with E-state index < -0.39 is 0 Å². The number of rotatable bonds is 5. The third kappa shape index (κ3) is 4.38. The molecule has 0 bridgehead atoms. The van der Waals surface area contributed by atoms with Crippen LogP contribution < -0.4 is 0 Å². The molecular weight excluding hydrogens is 339 g/mol.